The van der Waals surface area contributed by atoms with Gasteiger partial charge in [0.05, 0.1) is 24.0 Å². The first-order chi connectivity index (χ1) is 9.13. The molecule has 2 fully saturated rings. The van der Waals surface area contributed by atoms with Crippen LogP contribution in [-0.4, -0.2) is 47.2 Å². The third-order valence-corrected chi connectivity index (χ3v) is 3.39. The van der Waals surface area contributed by atoms with Crippen LogP contribution in [-0.2, 0) is 4.74 Å². The van der Waals surface area contributed by atoms with E-state index in [0.717, 1.165) is 13.0 Å². The van der Waals surface area contributed by atoms with Crippen LogP contribution in [0.25, 0.3) is 0 Å². The molecule has 0 spiro atoms. The Morgan fingerprint density at radius 3 is 3.05 bits per heavy atom. The molecule has 3 heterocycles. The van der Waals surface area contributed by atoms with Gasteiger partial charge in [-0.3, -0.25) is 9.78 Å². The van der Waals surface area contributed by atoms with E-state index >= 15 is 0 Å². The van der Waals surface area contributed by atoms with Gasteiger partial charge in [0.15, 0.2) is 0 Å². The van der Waals surface area contributed by atoms with Gasteiger partial charge in [-0.25, -0.2) is 0 Å². The van der Waals surface area contributed by atoms with Crippen molar-refractivity contribution in [3.8, 4) is 5.75 Å². The molecule has 1 aromatic heterocycles. The van der Waals surface area contributed by atoms with Crippen LogP contribution < -0.4 is 4.74 Å². The molecule has 2 aliphatic rings. The third kappa shape index (κ3) is 2.71. The van der Waals surface area contributed by atoms with E-state index in [9.17, 15) is 4.79 Å². The minimum atomic E-state index is 0.00987. The number of rotatable bonds is 3. The van der Waals surface area contributed by atoms with Gasteiger partial charge in [-0.2, -0.15) is 0 Å². The van der Waals surface area contributed by atoms with Crippen LogP contribution >= 0.6 is 0 Å². The Labute approximate surface area is 112 Å². The number of likely N-dealkylation sites (tertiary alicyclic amines) is 1. The number of epoxide rings is 1. The maximum absolute atomic E-state index is 12.4. The molecule has 0 radical (unpaired) electrons. The van der Waals surface area contributed by atoms with E-state index in [0.29, 0.717) is 24.0 Å². The third-order valence-electron chi connectivity index (χ3n) is 3.39. The van der Waals surface area contributed by atoms with Crippen molar-refractivity contribution in [3.63, 3.8) is 0 Å². The van der Waals surface area contributed by atoms with Crippen LogP contribution in [0.3, 0.4) is 0 Å². The Morgan fingerprint density at radius 2 is 2.32 bits per heavy atom. The number of aromatic nitrogens is 1. The number of piperidine rings is 1. The zero-order valence-corrected chi connectivity index (χ0v) is 11.2. The molecule has 19 heavy (non-hydrogen) atoms. The van der Waals surface area contributed by atoms with Crippen LogP contribution in [0, 0.1) is 0 Å². The van der Waals surface area contributed by atoms with Gasteiger partial charge in [0.2, 0.25) is 0 Å². The quantitative estimate of drug-likeness (QED) is 0.774. The Bertz CT molecular complexity index is 489. The molecule has 1 amide bonds. The number of carbonyl (C=O) groups excluding carboxylic acids is 1. The first-order valence-corrected chi connectivity index (χ1v) is 6.70. The summed E-state index contributed by atoms with van der Waals surface area (Å²) in [5, 5.41) is 0. The lowest BCUT2D eigenvalue weighted by Crippen LogP contribution is -2.39. The number of carbonyl (C=O) groups is 1. The largest absolute Gasteiger partial charge is 0.489 e. The normalized spacial score (nSPS) is 25.1. The molecule has 5 heteroatoms. The standard InChI is InChI=1S/C14H18N2O3/c1-9(2)18-11-5-10(6-15-7-11)14(17)16-4-3-12-13(8-16)19-12/h5-7,9,12-13H,3-4,8H2,1-2H3/t12-,13-/m1/s1. The molecule has 2 atom stereocenters. The van der Waals surface area contributed by atoms with Crippen molar-refractivity contribution in [2.75, 3.05) is 13.1 Å². The number of hydrogen-bond donors (Lipinski definition) is 0. The van der Waals surface area contributed by atoms with E-state index in [4.69, 9.17) is 9.47 Å². The van der Waals surface area contributed by atoms with Crippen LogP contribution in [0.1, 0.15) is 30.6 Å². The molecule has 2 aliphatic heterocycles. The molecular formula is C14H18N2O3. The van der Waals surface area contributed by atoms with E-state index < -0.39 is 0 Å². The average Bonchev–Trinajstić information content (AvgIpc) is 3.15. The smallest absolute Gasteiger partial charge is 0.255 e. The molecule has 0 aliphatic carbocycles. The lowest BCUT2D eigenvalue weighted by atomic mass is 10.1. The number of nitrogens with zero attached hydrogens (tertiary/aromatic N) is 2. The number of fused-ring (bicyclic) bond motifs is 1. The van der Waals surface area contributed by atoms with Crippen LogP contribution in [0.4, 0.5) is 0 Å². The summed E-state index contributed by atoms with van der Waals surface area (Å²) in [7, 11) is 0. The van der Waals surface area contributed by atoms with Crippen LogP contribution in [0.15, 0.2) is 18.5 Å². The van der Waals surface area contributed by atoms with Crippen molar-refractivity contribution in [1.82, 2.24) is 9.88 Å². The highest BCUT2D eigenvalue weighted by molar-refractivity contribution is 5.94. The monoisotopic (exact) mass is 262 g/mol. The van der Waals surface area contributed by atoms with Crippen molar-refractivity contribution in [3.05, 3.63) is 24.0 Å². The van der Waals surface area contributed by atoms with Crippen molar-refractivity contribution in [1.29, 1.82) is 0 Å². The Kier molecular flexibility index (Phi) is 3.14. The maximum atomic E-state index is 12.4. The van der Waals surface area contributed by atoms with Crippen molar-refractivity contribution < 1.29 is 14.3 Å². The van der Waals surface area contributed by atoms with E-state index in [-0.39, 0.29) is 18.1 Å². The molecule has 0 bridgehead atoms. The Morgan fingerprint density at radius 1 is 1.47 bits per heavy atom. The predicted molar refractivity (Wildman–Crippen MR) is 69.2 cm³/mol. The zero-order chi connectivity index (χ0) is 13.4. The SMILES string of the molecule is CC(C)Oc1cncc(C(=O)N2CC[C@H]3O[C@@H]3C2)c1. The van der Waals surface area contributed by atoms with Gasteiger partial charge < -0.3 is 14.4 Å². The predicted octanol–water partition coefficient (Wildman–Crippen LogP) is 1.48. The first-order valence-electron chi connectivity index (χ1n) is 6.70. The topological polar surface area (TPSA) is 55.0 Å². The van der Waals surface area contributed by atoms with Gasteiger partial charge >= 0.3 is 0 Å². The molecule has 1 aromatic rings. The highest BCUT2D eigenvalue weighted by Gasteiger charge is 2.44. The summed E-state index contributed by atoms with van der Waals surface area (Å²) in [6.07, 6.45) is 4.87. The highest BCUT2D eigenvalue weighted by Crippen LogP contribution is 2.31. The summed E-state index contributed by atoms with van der Waals surface area (Å²) in [5.74, 6) is 0.647. The molecule has 0 N–H and O–H groups in total. The summed E-state index contributed by atoms with van der Waals surface area (Å²) in [6, 6.07) is 1.76. The Hall–Kier alpha value is -1.62. The van der Waals surface area contributed by atoms with Gasteiger partial charge in [-0.05, 0) is 26.3 Å². The van der Waals surface area contributed by atoms with Crippen LogP contribution in [0.5, 0.6) is 5.75 Å². The van der Waals surface area contributed by atoms with E-state index in [1.54, 1.807) is 18.5 Å². The van der Waals surface area contributed by atoms with Gasteiger partial charge in [0.1, 0.15) is 11.9 Å². The molecule has 0 aromatic carbocycles. The second-order valence-corrected chi connectivity index (χ2v) is 5.33. The summed E-state index contributed by atoms with van der Waals surface area (Å²) < 4.78 is 11.0. The molecular weight excluding hydrogens is 244 g/mol. The molecule has 5 nitrogen and oxygen atoms in total. The highest BCUT2D eigenvalue weighted by atomic mass is 16.6. The fourth-order valence-corrected chi connectivity index (χ4v) is 2.42. The Balaban J connectivity index is 1.71. The fourth-order valence-electron chi connectivity index (χ4n) is 2.42. The number of ether oxygens (including phenoxy) is 2. The molecule has 3 rings (SSSR count). The minimum Gasteiger partial charge on any atom is -0.489 e. The number of amides is 1. The number of hydrogen-bond acceptors (Lipinski definition) is 4. The number of pyridine rings is 1. The van der Waals surface area contributed by atoms with Gasteiger partial charge in [0, 0.05) is 19.3 Å². The average molecular weight is 262 g/mol. The fraction of sp³-hybridized carbons (Fsp3) is 0.571. The lowest BCUT2D eigenvalue weighted by Gasteiger charge is -2.24. The van der Waals surface area contributed by atoms with E-state index in [1.807, 2.05) is 18.7 Å². The summed E-state index contributed by atoms with van der Waals surface area (Å²) >= 11 is 0. The second-order valence-electron chi connectivity index (χ2n) is 5.33. The summed E-state index contributed by atoms with van der Waals surface area (Å²) in [4.78, 5) is 18.3. The van der Waals surface area contributed by atoms with Crippen molar-refractivity contribution in [2.24, 2.45) is 0 Å². The van der Waals surface area contributed by atoms with Crippen molar-refractivity contribution >= 4 is 5.91 Å². The lowest BCUT2D eigenvalue weighted by molar-refractivity contribution is 0.0735. The molecule has 102 valence electrons. The molecule has 2 saturated heterocycles. The van der Waals surface area contributed by atoms with E-state index in [2.05, 4.69) is 4.98 Å². The minimum absolute atomic E-state index is 0.00987. The molecule has 0 unspecified atom stereocenters. The van der Waals surface area contributed by atoms with Crippen LogP contribution in [0.2, 0.25) is 0 Å². The first kappa shape index (κ1) is 12.4. The second kappa shape index (κ2) is 4.81. The summed E-state index contributed by atoms with van der Waals surface area (Å²) in [6.45, 7) is 5.35. The van der Waals surface area contributed by atoms with Crippen molar-refractivity contribution in [2.45, 2.75) is 38.6 Å². The zero-order valence-electron chi connectivity index (χ0n) is 11.2. The summed E-state index contributed by atoms with van der Waals surface area (Å²) in [5.41, 5.74) is 0.581. The van der Waals surface area contributed by atoms with Gasteiger partial charge in [0.25, 0.3) is 5.91 Å². The van der Waals surface area contributed by atoms with Gasteiger partial charge in [-0.1, -0.05) is 0 Å². The maximum Gasteiger partial charge on any atom is 0.255 e. The van der Waals surface area contributed by atoms with Gasteiger partial charge in [-0.15, -0.1) is 0 Å². The molecule has 0 saturated carbocycles. The van der Waals surface area contributed by atoms with E-state index in [1.165, 1.54) is 0 Å².